The number of benzene rings is 1. The second-order valence-electron chi connectivity index (χ2n) is 5.85. The van der Waals surface area contributed by atoms with Crippen LogP contribution in [0.5, 0.6) is 0 Å². The molecule has 2 heterocycles. The van der Waals surface area contributed by atoms with Gasteiger partial charge in [0.25, 0.3) is 0 Å². The zero-order valence-electron chi connectivity index (χ0n) is 12.5. The molecule has 1 N–H and O–H groups in total. The number of rotatable bonds is 5. The van der Waals surface area contributed by atoms with E-state index in [1.165, 1.54) is 12.0 Å². The monoisotopic (exact) mass is 312 g/mol. The van der Waals surface area contributed by atoms with Gasteiger partial charge in [-0.25, -0.2) is 0 Å². The number of likely N-dealkylation sites (tertiary alicyclic amines) is 1. The highest BCUT2D eigenvalue weighted by Crippen LogP contribution is 2.30. The van der Waals surface area contributed by atoms with Crippen molar-refractivity contribution in [3.63, 3.8) is 0 Å². The highest BCUT2D eigenvalue weighted by Gasteiger charge is 2.27. The predicted octanol–water partition coefficient (Wildman–Crippen LogP) is 3.71. The summed E-state index contributed by atoms with van der Waals surface area (Å²) in [6, 6.07) is 14.4. The lowest BCUT2D eigenvalue weighted by molar-refractivity contribution is 0.120. The van der Waals surface area contributed by atoms with Crippen LogP contribution in [0.1, 0.15) is 41.4 Å². The molecule has 1 aliphatic rings. The fourth-order valence-electron chi connectivity index (χ4n) is 3.20. The maximum atomic E-state index is 10.4. The molecule has 22 heavy (non-hydrogen) atoms. The lowest BCUT2D eigenvalue weighted by atomic mass is 10.0. The van der Waals surface area contributed by atoms with Gasteiger partial charge in [-0.05, 0) is 54.9 Å². The molecule has 114 valence electrons. The lowest BCUT2D eigenvalue weighted by Crippen LogP contribution is -2.30. The SMILES string of the molecule is N#Cc1cccc(CN2CCCC2CC(O)c2cccs2)c1. The molecule has 0 spiro atoms. The van der Waals surface area contributed by atoms with Crippen LogP contribution < -0.4 is 0 Å². The molecule has 3 rings (SSSR count). The Hall–Kier alpha value is -1.67. The summed E-state index contributed by atoms with van der Waals surface area (Å²) in [5.41, 5.74) is 1.89. The van der Waals surface area contributed by atoms with E-state index >= 15 is 0 Å². The van der Waals surface area contributed by atoms with E-state index in [-0.39, 0.29) is 6.10 Å². The molecular formula is C18H20N2OS. The summed E-state index contributed by atoms with van der Waals surface area (Å²) in [4.78, 5) is 3.49. The zero-order valence-corrected chi connectivity index (χ0v) is 13.3. The first-order valence-electron chi connectivity index (χ1n) is 7.71. The van der Waals surface area contributed by atoms with Gasteiger partial charge in [0.1, 0.15) is 0 Å². The Morgan fingerprint density at radius 1 is 1.36 bits per heavy atom. The lowest BCUT2D eigenvalue weighted by Gasteiger charge is -2.26. The Kier molecular flexibility index (Phi) is 4.89. The van der Waals surface area contributed by atoms with Crippen molar-refractivity contribution in [1.82, 2.24) is 4.90 Å². The Balaban J connectivity index is 1.64. The van der Waals surface area contributed by atoms with E-state index in [1.54, 1.807) is 11.3 Å². The smallest absolute Gasteiger partial charge is 0.0991 e. The van der Waals surface area contributed by atoms with Crippen LogP contribution in [0.25, 0.3) is 0 Å². The standard InChI is InChI=1S/C18H20N2OS/c19-12-14-4-1-5-15(10-14)13-20-8-2-6-16(20)11-17(21)18-7-3-9-22-18/h1,3-5,7,9-10,16-17,21H,2,6,8,11,13H2. The van der Waals surface area contributed by atoms with Crippen LogP contribution >= 0.6 is 11.3 Å². The molecule has 0 amide bonds. The minimum Gasteiger partial charge on any atom is -0.388 e. The minimum atomic E-state index is -0.365. The first-order valence-corrected chi connectivity index (χ1v) is 8.59. The summed E-state index contributed by atoms with van der Waals surface area (Å²) >= 11 is 1.62. The van der Waals surface area contributed by atoms with Gasteiger partial charge in [-0.15, -0.1) is 11.3 Å². The maximum absolute atomic E-state index is 10.4. The van der Waals surface area contributed by atoms with E-state index in [9.17, 15) is 5.11 Å². The summed E-state index contributed by atoms with van der Waals surface area (Å²) in [7, 11) is 0. The van der Waals surface area contributed by atoms with Gasteiger partial charge in [0, 0.05) is 17.5 Å². The number of aliphatic hydroxyl groups excluding tert-OH is 1. The van der Waals surface area contributed by atoms with E-state index in [1.807, 2.05) is 35.7 Å². The summed E-state index contributed by atoms with van der Waals surface area (Å²) in [5, 5.41) is 21.4. The van der Waals surface area contributed by atoms with Gasteiger partial charge in [0.05, 0.1) is 17.7 Å². The van der Waals surface area contributed by atoms with Gasteiger partial charge in [0.15, 0.2) is 0 Å². The molecule has 2 aromatic rings. The average molecular weight is 312 g/mol. The molecule has 1 aromatic carbocycles. The van der Waals surface area contributed by atoms with Crippen molar-refractivity contribution in [3.8, 4) is 6.07 Å². The Bertz CT molecular complexity index is 647. The van der Waals surface area contributed by atoms with Crippen LogP contribution in [0.4, 0.5) is 0 Å². The van der Waals surface area contributed by atoms with Crippen LogP contribution in [0, 0.1) is 11.3 Å². The third-order valence-electron chi connectivity index (χ3n) is 4.31. The van der Waals surface area contributed by atoms with E-state index in [2.05, 4.69) is 17.0 Å². The molecule has 3 nitrogen and oxygen atoms in total. The molecule has 0 aliphatic carbocycles. The topological polar surface area (TPSA) is 47.3 Å². The first-order chi connectivity index (χ1) is 10.8. The number of thiophene rings is 1. The largest absolute Gasteiger partial charge is 0.388 e. The van der Waals surface area contributed by atoms with Gasteiger partial charge >= 0.3 is 0 Å². The van der Waals surface area contributed by atoms with Crippen molar-refractivity contribution in [2.45, 2.75) is 38.0 Å². The number of aliphatic hydroxyl groups is 1. The van der Waals surface area contributed by atoms with Crippen molar-refractivity contribution in [3.05, 3.63) is 57.8 Å². The third-order valence-corrected chi connectivity index (χ3v) is 5.28. The van der Waals surface area contributed by atoms with Crippen molar-refractivity contribution >= 4 is 11.3 Å². The van der Waals surface area contributed by atoms with Crippen molar-refractivity contribution < 1.29 is 5.11 Å². The highest BCUT2D eigenvalue weighted by molar-refractivity contribution is 7.10. The van der Waals surface area contributed by atoms with Gasteiger partial charge < -0.3 is 5.11 Å². The summed E-state index contributed by atoms with van der Waals surface area (Å²) in [6.07, 6.45) is 2.74. The van der Waals surface area contributed by atoms with E-state index in [0.29, 0.717) is 11.6 Å². The fourth-order valence-corrected chi connectivity index (χ4v) is 3.92. The first kappa shape index (κ1) is 15.2. The van der Waals surface area contributed by atoms with Crippen molar-refractivity contribution in [2.75, 3.05) is 6.54 Å². The molecule has 2 atom stereocenters. The van der Waals surface area contributed by atoms with Crippen LogP contribution in [0.15, 0.2) is 41.8 Å². The Morgan fingerprint density at radius 2 is 2.27 bits per heavy atom. The van der Waals surface area contributed by atoms with Crippen molar-refractivity contribution in [2.24, 2.45) is 0 Å². The zero-order chi connectivity index (χ0) is 15.4. The molecular weight excluding hydrogens is 292 g/mol. The van der Waals surface area contributed by atoms with E-state index in [0.717, 1.165) is 30.8 Å². The third kappa shape index (κ3) is 3.56. The fraction of sp³-hybridized carbons (Fsp3) is 0.389. The average Bonchev–Trinajstić information content (AvgIpc) is 3.20. The second kappa shape index (κ2) is 7.06. The molecule has 1 saturated heterocycles. The maximum Gasteiger partial charge on any atom is 0.0991 e. The summed E-state index contributed by atoms with van der Waals surface area (Å²) < 4.78 is 0. The van der Waals surface area contributed by atoms with Crippen LogP contribution in [-0.2, 0) is 6.54 Å². The van der Waals surface area contributed by atoms with Gasteiger partial charge in [0.2, 0.25) is 0 Å². The van der Waals surface area contributed by atoms with E-state index < -0.39 is 0 Å². The predicted molar refractivity (Wildman–Crippen MR) is 88.5 cm³/mol. The van der Waals surface area contributed by atoms with Crippen LogP contribution in [0.2, 0.25) is 0 Å². The normalized spacial score (nSPS) is 19.9. The van der Waals surface area contributed by atoms with Crippen molar-refractivity contribution in [1.29, 1.82) is 5.26 Å². The van der Waals surface area contributed by atoms with Gasteiger partial charge in [-0.3, -0.25) is 4.90 Å². The molecule has 0 bridgehead atoms. The number of nitriles is 1. The Morgan fingerprint density at radius 3 is 3.05 bits per heavy atom. The van der Waals surface area contributed by atoms with Crippen LogP contribution in [0.3, 0.4) is 0 Å². The molecule has 2 unspecified atom stereocenters. The highest BCUT2D eigenvalue weighted by atomic mass is 32.1. The molecule has 4 heteroatoms. The van der Waals surface area contributed by atoms with E-state index in [4.69, 9.17) is 5.26 Å². The molecule has 0 radical (unpaired) electrons. The Labute approximate surface area is 135 Å². The minimum absolute atomic E-state index is 0.365. The summed E-state index contributed by atoms with van der Waals surface area (Å²) in [6.45, 7) is 1.93. The number of hydrogen-bond donors (Lipinski definition) is 1. The molecule has 0 saturated carbocycles. The summed E-state index contributed by atoms with van der Waals surface area (Å²) in [5.74, 6) is 0. The number of nitrogens with zero attached hydrogens (tertiary/aromatic N) is 2. The second-order valence-corrected chi connectivity index (χ2v) is 6.82. The molecule has 1 aromatic heterocycles. The van der Waals surface area contributed by atoms with Crippen LogP contribution in [-0.4, -0.2) is 22.6 Å². The van der Waals surface area contributed by atoms with Gasteiger partial charge in [-0.1, -0.05) is 18.2 Å². The molecule has 1 aliphatic heterocycles. The van der Waals surface area contributed by atoms with Gasteiger partial charge in [-0.2, -0.15) is 5.26 Å². The molecule has 1 fully saturated rings. The number of hydrogen-bond acceptors (Lipinski definition) is 4. The quantitative estimate of drug-likeness (QED) is 0.915.